The number of ether oxygens (including phenoxy) is 1. The number of hydrogen-bond acceptors (Lipinski definition) is 3. The molecule has 18 heavy (non-hydrogen) atoms. The third-order valence-electron chi connectivity index (χ3n) is 2.45. The highest BCUT2D eigenvalue weighted by atomic mass is 35.5. The van der Waals surface area contributed by atoms with E-state index in [2.05, 4.69) is 9.97 Å². The lowest BCUT2D eigenvalue weighted by Crippen LogP contribution is -2.15. The van der Waals surface area contributed by atoms with Crippen molar-refractivity contribution in [2.24, 2.45) is 0 Å². The van der Waals surface area contributed by atoms with Gasteiger partial charge in [0.2, 0.25) is 5.82 Å². The largest absolute Gasteiger partial charge is 0.496 e. The topological polar surface area (TPSA) is 55.0 Å². The molecule has 2 aromatic rings. The molecular weight excluding hydrogens is 259 g/mol. The van der Waals surface area contributed by atoms with Crippen molar-refractivity contribution in [1.82, 2.24) is 9.97 Å². The summed E-state index contributed by atoms with van der Waals surface area (Å²) in [5.74, 6) is -0.184. The first-order chi connectivity index (χ1) is 8.52. The molecule has 0 spiro atoms. The summed E-state index contributed by atoms with van der Waals surface area (Å²) in [7, 11) is 1.48. The lowest BCUT2D eigenvalue weighted by atomic mass is 10.2. The summed E-state index contributed by atoms with van der Waals surface area (Å²) in [5, 5.41) is 0.497. The Bertz CT molecular complexity index is 655. The maximum absolute atomic E-state index is 13.2. The van der Waals surface area contributed by atoms with Crippen molar-refractivity contribution in [2.75, 3.05) is 7.11 Å². The van der Waals surface area contributed by atoms with Crippen LogP contribution in [0.1, 0.15) is 5.69 Å². The summed E-state index contributed by atoms with van der Waals surface area (Å²) >= 11 is 5.84. The van der Waals surface area contributed by atoms with Crippen molar-refractivity contribution in [3.63, 3.8) is 0 Å². The minimum atomic E-state index is -0.883. The number of hydrogen-bond donors (Lipinski definition) is 1. The lowest BCUT2D eigenvalue weighted by Gasteiger charge is -2.08. The van der Waals surface area contributed by atoms with Crippen molar-refractivity contribution >= 4 is 11.6 Å². The lowest BCUT2D eigenvalue weighted by molar-refractivity contribution is 0.416. The second kappa shape index (κ2) is 4.78. The molecule has 1 aromatic heterocycles. The second-order valence-corrected chi connectivity index (χ2v) is 4.09. The Labute approximate surface area is 107 Å². The van der Waals surface area contributed by atoms with Crippen LogP contribution in [0.3, 0.4) is 0 Å². The Morgan fingerprint density at radius 1 is 1.44 bits per heavy atom. The van der Waals surface area contributed by atoms with Gasteiger partial charge < -0.3 is 9.72 Å². The van der Waals surface area contributed by atoms with Crippen LogP contribution in [0.15, 0.2) is 23.0 Å². The van der Waals surface area contributed by atoms with Gasteiger partial charge in [-0.15, -0.1) is 0 Å². The van der Waals surface area contributed by atoms with Crippen LogP contribution in [0.25, 0.3) is 11.4 Å². The van der Waals surface area contributed by atoms with Crippen molar-refractivity contribution in [1.29, 1.82) is 0 Å². The fraction of sp³-hybridized carbons (Fsp3) is 0.167. The molecule has 1 N–H and O–H groups in total. The summed E-state index contributed by atoms with van der Waals surface area (Å²) in [6, 6.07) is 4.88. The van der Waals surface area contributed by atoms with Gasteiger partial charge in [0.25, 0.3) is 5.56 Å². The highest BCUT2D eigenvalue weighted by molar-refractivity contribution is 6.30. The van der Waals surface area contributed by atoms with Crippen molar-refractivity contribution in [3.8, 4) is 17.1 Å². The number of nitrogens with one attached hydrogen (secondary N) is 1. The van der Waals surface area contributed by atoms with E-state index in [-0.39, 0.29) is 11.5 Å². The number of aromatic nitrogens is 2. The maximum atomic E-state index is 13.2. The average molecular weight is 269 g/mol. The molecule has 0 aliphatic carbocycles. The predicted octanol–water partition coefficient (Wildman–Crippen LogP) is 2.55. The first-order valence-electron chi connectivity index (χ1n) is 5.13. The monoisotopic (exact) mass is 268 g/mol. The van der Waals surface area contributed by atoms with Crippen LogP contribution in [0, 0.1) is 12.7 Å². The van der Waals surface area contributed by atoms with Crippen molar-refractivity contribution < 1.29 is 9.13 Å². The molecule has 0 saturated heterocycles. The molecular formula is C12H10ClFN2O2. The van der Waals surface area contributed by atoms with Gasteiger partial charge in [0.05, 0.1) is 18.4 Å². The first kappa shape index (κ1) is 12.6. The van der Waals surface area contributed by atoms with E-state index in [1.54, 1.807) is 18.2 Å². The standard InChI is InChI=1S/C12H10ClFN2O2/c1-6-10(14)12(17)16-11(15-6)8-4-3-7(13)5-9(8)18-2/h3-5H,1-2H3,(H,15,16,17). The molecule has 0 amide bonds. The van der Waals surface area contributed by atoms with Crippen LogP contribution in [-0.4, -0.2) is 17.1 Å². The number of benzene rings is 1. The molecule has 1 heterocycles. The summed E-state index contributed by atoms with van der Waals surface area (Å²) in [6.45, 7) is 1.43. The van der Waals surface area contributed by atoms with Crippen molar-refractivity contribution in [2.45, 2.75) is 6.92 Å². The minimum absolute atomic E-state index is 0.0331. The van der Waals surface area contributed by atoms with Crippen LogP contribution in [0.2, 0.25) is 5.02 Å². The van der Waals surface area contributed by atoms with E-state index >= 15 is 0 Å². The zero-order valence-electron chi connectivity index (χ0n) is 9.75. The van der Waals surface area contributed by atoms with Gasteiger partial charge in [-0.05, 0) is 25.1 Å². The van der Waals surface area contributed by atoms with E-state index in [1.165, 1.54) is 14.0 Å². The van der Waals surface area contributed by atoms with Gasteiger partial charge in [-0.2, -0.15) is 4.39 Å². The van der Waals surface area contributed by atoms with Gasteiger partial charge in [0.1, 0.15) is 11.6 Å². The van der Waals surface area contributed by atoms with E-state index in [4.69, 9.17) is 16.3 Å². The SMILES string of the molecule is COc1cc(Cl)ccc1-c1nc(C)c(F)c(=O)[nH]1. The van der Waals surface area contributed by atoms with E-state index in [1.807, 2.05) is 0 Å². The number of aryl methyl sites for hydroxylation is 1. The molecule has 2 rings (SSSR count). The number of methoxy groups -OCH3 is 1. The van der Waals surface area contributed by atoms with E-state index < -0.39 is 11.4 Å². The summed E-state index contributed by atoms with van der Waals surface area (Å²) in [6.07, 6.45) is 0. The van der Waals surface area contributed by atoms with Gasteiger partial charge in [0.15, 0.2) is 0 Å². The van der Waals surface area contributed by atoms with E-state index in [0.717, 1.165) is 0 Å². The Morgan fingerprint density at radius 3 is 2.78 bits per heavy atom. The highest BCUT2D eigenvalue weighted by Crippen LogP contribution is 2.29. The predicted molar refractivity (Wildman–Crippen MR) is 66.6 cm³/mol. The van der Waals surface area contributed by atoms with Crippen molar-refractivity contribution in [3.05, 3.63) is 45.1 Å². The zero-order chi connectivity index (χ0) is 13.3. The van der Waals surface area contributed by atoms with Crippen LogP contribution in [-0.2, 0) is 0 Å². The van der Waals surface area contributed by atoms with Crippen LogP contribution in [0.5, 0.6) is 5.75 Å². The average Bonchev–Trinajstić information content (AvgIpc) is 2.35. The molecule has 4 nitrogen and oxygen atoms in total. The molecule has 0 unspecified atom stereocenters. The Balaban J connectivity index is 2.66. The van der Waals surface area contributed by atoms with Gasteiger partial charge in [-0.1, -0.05) is 11.6 Å². The third kappa shape index (κ3) is 2.22. The summed E-state index contributed by atoms with van der Waals surface area (Å²) in [4.78, 5) is 17.7. The quantitative estimate of drug-likeness (QED) is 0.911. The summed E-state index contributed by atoms with van der Waals surface area (Å²) in [5.41, 5.74) is -0.234. The Kier molecular flexibility index (Phi) is 3.34. The zero-order valence-corrected chi connectivity index (χ0v) is 10.5. The Hall–Kier alpha value is -1.88. The van der Waals surface area contributed by atoms with Crippen LogP contribution < -0.4 is 10.3 Å². The van der Waals surface area contributed by atoms with Gasteiger partial charge in [-0.25, -0.2) is 4.98 Å². The molecule has 0 aliphatic heterocycles. The second-order valence-electron chi connectivity index (χ2n) is 3.66. The molecule has 0 atom stereocenters. The molecule has 0 bridgehead atoms. The molecule has 94 valence electrons. The van der Waals surface area contributed by atoms with Gasteiger partial charge in [0, 0.05) is 5.02 Å². The highest BCUT2D eigenvalue weighted by Gasteiger charge is 2.12. The minimum Gasteiger partial charge on any atom is -0.496 e. The normalized spacial score (nSPS) is 10.4. The van der Waals surface area contributed by atoms with Crippen LogP contribution >= 0.6 is 11.6 Å². The number of H-pyrrole nitrogens is 1. The molecule has 6 heteroatoms. The first-order valence-corrected chi connectivity index (χ1v) is 5.51. The molecule has 0 radical (unpaired) electrons. The number of aromatic amines is 1. The molecule has 0 aliphatic rings. The third-order valence-corrected chi connectivity index (χ3v) is 2.68. The number of nitrogens with zero attached hydrogens (tertiary/aromatic N) is 1. The fourth-order valence-corrected chi connectivity index (χ4v) is 1.72. The fourth-order valence-electron chi connectivity index (χ4n) is 1.56. The van der Waals surface area contributed by atoms with Crippen LogP contribution in [0.4, 0.5) is 4.39 Å². The Morgan fingerprint density at radius 2 is 2.17 bits per heavy atom. The maximum Gasteiger partial charge on any atom is 0.287 e. The van der Waals surface area contributed by atoms with Gasteiger partial charge in [-0.3, -0.25) is 4.79 Å². The smallest absolute Gasteiger partial charge is 0.287 e. The number of rotatable bonds is 2. The van der Waals surface area contributed by atoms with Gasteiger partial charge >= 0.3 is 0 Å². The summed E-state index contributed by atoms with van der Waals surface area (Å²) < 4.78 is 18.4. The number of halogens is 2. The molecule has 1 aromatic carbocycles. The molecule has 0 fully saturated rings. The van der Waals surface area contributed by atoms with E-state index in [0.29, 0.717) is 16.3 Å². The molecule has 0 saturated carbocycles. The van der Waals surface area contributed by atoms with E-state index in [9.17, 15) is 9.18 Å².